The van der Waals surface area contributed by atoms with Gasteiger partial charge in [-0.2, -0.15) is 0 Å². The Morgan fingerprint density at radius 2 is 1.76 bits per heavy atom. The molecule has 1 aliphatic heterocycles. The average molecular weight is 457 g/mol. The molecule has 1 aromatic heterocycles. The number of amides is 1. The summed E-state index contributed by atoms with van der Waals surface area (Å²) in [6, 6.07) is 15.5. The molecule has 174 valence electrons. The smallest absolute Gasteiger partial charge is 0.339 e. The van der Waals surface area contributed by atoms with Gasteiger partial charge in [0.05, 0.1) is 23.9 Å². The first-order valence-corrected chi connectivity index (χ1v) is 11.9. The number of nitrogens with zero attached hydrogens (tertiary/aromatic N) is 2. The quantitative estimate of drug-likeness (QED) is 0.511. The summed E-state index contributed by atoms with van der Waals surface area (Å²) in [5.74, 6) is 0.232. The van der Waals surface area contributed by atoms with Gasteiger partial charge in [0.15, 0.2) is 6.61 Å². The highest BCUT2D eigenvalue weighted by atomic mass is 16.5. The zero-order valence-corrected chi connectivity index (χ0v) is 19.4. The number of hydrogen-bond acceptors (Lipinski definition) is 5. The SMILES string of the molecule is COc1ccc(/C=C2\CCCc3c2nc2ccccc2c3C(=O)OCC(=O)N2CCCC2)cc1. The highest BCUT2D eigenvalue weighted by Crippen LogP contribution is 2.36. The van der Waals surface area contributed by atoms with E-state index in [0.29, 0.717) is 5.56 Å². The van der Waals surface area contributed by atoms with E-state index in [-0.39, 0.29) is 12.5 Å². The molecule has 1 aliphatic carbocycles. The number of carbonyl (C=O) groups excluding carboxylic acids is 2. The monoisotopic (exact) mass is 456 g/mol. The Balaban J connectivity index is 1.51. The van der Waals surface area contributed by atoms with E-state index in [1.54, 1.807) is 12.0 Å². The van der Waals surface area contributed by atoms with Gasteiger partial charge in [0.2, 0.25) is 0 Å². The number of methoxy groups -OCH3 is 1. The molecule has 1 amide bonds. The van der Waals surface area contributed by atoms with Gasteiger partial charge in [0, 0.05) is 18.5 Å². The summed E-state index contributed by atoms with van der Waals surface area (Å²) in [5.41, 5.74) is 5.19. The van der Waals surface area contributed by atoms with Crippen LogP contribution >= 0.6 is 0 Å². The summed E-state index contributed by atoms with van der Waals surface area (Å²) >= 11 is 0. The number of fused-ring (bicyclic) bond motifs is 2. The van der Waals surface area contributed by atoms with E-state index in [2.05, 4.69) is 6.08 Å². The Labute approximate surface area is 199 Å². The number of para-hydroxylation sites is 1. The number of benzene rings is 2. The molecule has 2 aliphatic rings. The van der Waals surface area contributed by atoms with Gasteiger partial charge in [-0.1, -0.05) is 30.3 Å². The molecule has 0 unspecified atom stereocenters. The minimum Gasteiger partial charge on any atom is -0.497 e. The molecule has 34 heavy (non-hydrogen) atoms. The minimum absolute atomic E-state index is 0.127. The van der Waals surface area contributed by atoms with Crippen LogP contribution < -0.4 is 4.74 Å². The molecule has 2 aromatic carbocycles. The van der Waals surface area contributed by atoms with Crippen LogP contribution in [0.15, 0.2) is 48.5 Å². The van der Waals surface area contributed by atoms with Crippen molar-refractivity contribution in [3.8, 4) is 5.75 Å². The molecule has 3 aromatic rings. The second kappa shape index (κ2) is 9.67. The lowest BCUT2D eigenvalue weighted by molar-refractivity contribution is -0.133. The molecule has 1 saturated heterocycles. The first kappa shape index (κ1) is 22.1. The molecular weight excluding hydrogens is 428 g/mol. The van der Waals surface area contributed by atoms with Crippen LogP contribution in [0.4, 0.5) is 0 Å². The minimum atomic E-state index is -0.451. The molecule has 0 bridgehead atoms. The van der Waals surface area contributed by atoms with Crippen LogP contribution in [-0.2, 0) is 16.0 Å². The number of ether oxygens (including phenoxy) is 2. The van der Waals surface area contributed by atoms with Crippen molar-refractivity contribution in [2.75, 3.05) is 26.8 Å². The van der Waals surface area contributed by atoms with Crippen molar-refractivity contribution in [3.63, 3.8) is 0 Å². The molecule has 0 N–H and O–H groups in total. The van der Waals surface area contributed by atoms with Crippen molar-refractivity contribution in [2.45, 2.75) is 32.1 Å². The van der Waals surface area contributed by atoms with E-state index in [4.69, 9.17) is 14.5 Å². The number of likely N-dealkylation sites (tertiary alicyclic amines) is 1. The molecule has 1 fully saturated rings. The van der Waals surface area contributed by atoms with Crippen molar-refractivity contribution in [2.24, 2.45) is 0 Å². The van der Waals surface area contributed by atoms with E-state index in [1.165, 1.54) is 0 Å². The van der Waals surface area contributed by atoms with Crippen LogP contribution in [0.1, 0.15) is 52.9 Å². The van der Waals surface area contributed by atoms with Crippen LogP contribution in [0.3, 0.4) is 0 Å². The lowest BCUT2D eigenvalue weighted by Gasteiger charge is -2.23. The Morgan fingerprint density at radius 1 is 1.00 bits per heavy atom. The zero-order valence-electron chi connectivity index (χ0n) is 19.4. The summed E-state index contributed by atoms with van der Waals surface area (Å²) in [6.07, 6.45) is 6.69. The predicted molar refractivity (Wildman–Crippen MR) is 132 cm³/mol. The maximum Gasteiger partial charge on any atom is 0.339 e. The molecule has 5 rings (SSSR count). The Bertz CT molecular complexity index is 1260. The Hall–Kier alpha value is -3.67. The zero-order chi connectivity index (χ0) is 23.5. The normalized spacial score (nSPS) is 16.5. The molecule has 2 heterocycles. The standard InChI is InChI=1S/C28H28N2O4/c1-33-21-13-11-19(12-14-21)17-20-7-6-9-23-26(22-8-2-3-10-24(22)29-27(20)23)28(32)34-18-25(31)30-15-4-5-16-30/h2-3,8,10-14,17H,4-7,9,15-16,18H2,1H3/b20-17+. The average Bonchev–Trinajstić information content (AvgIpc) is 3.42. The van der Waals surface area contributed by atoms with Crippen LogP contribution in [0, 0.1) is 0 Å². The lowest BCUT2D eigenvalue weighted by atomic mass is 9.86. The summed E-state index contributed by atoms with van der Waals surface area (Å²) in [6.45, 7) is 1.26. The largest absolute Gasteiger partial charge is 0.497 e. The summed E-state index contributed by atoms with van der Waals surface area (Å²) < 4.78 is 10.8. The van der Waals surface area contributed by atoms with Crippen LogP contribution in [0.25, 0.3) is 22.6 Å². The molecule has 6 nitrogen and oxygen atoms in total. The second-order valence-electron chi connectivity index (χ2n) is 8.79. The summed E-state index contributed by atoms with van der Waals surface area (Å²) in [7, 11) is 1.65. The van der Waals surface area contributed by atoms with E-state index < -0.39 is 5.97 Å². The van der Waals surface area contributed by atoms with Crippen molar-refractivity contribution in [3.05, 3.63) is 70.9 Å². The fourth-order valence-corrected chi connectivity index (χ4v) is 4.87. The third-order valence-electron chi connectivity index (χ3n) is 6.62. The van der Waals surface area contributed by atoms with Crippen molar-refractivity contribution in [1.82, 2.24) is 9.88 Å². The number of esters is 1. The number of allylic oxidation sites excluding steroid dienone is 1. The van der Waals surface area contributed by atoms with E-state index >= 15 is 0 Å². The van der Waals surface area contributed by atoms with Gasteiger partial charge >= 0.3 is 5.97 Å². The van der Waals surface area contributed by atoms with Gasteiger partial charge in [-0.3, -0.25) is 4.79 Å². The van der Waals surface area contributed by atoms with Crippen molar-refractivity contribution >= 4 is 34.4 Å². The predicted octanol–water partition coefficient (Wildman–Crippen LogP) is 4.90. The first-order valence-electron chi connectivity index (χ1n) is 11.9. The van der Waals surface area contributed by atoms with Gasteiger partial charge in [0.1, 0.15) is 5.75 Å². The van der Waals surface area contributed by atoms with Crippen LogP contribution in [0.5, 0.6) is 5.75 Å². The molecule has 6 heteroatoms. The van der Waals surface area contributed by atoms with E-state index in [9.17, 15) is 9.59 Å². The highest BCUT2D eigenvalue weighted by molar-refractivity contribution is 6.07. The van der Waals surface area contributed by atoms with Crippen molar-refractivity contribution in [1.29, 1.82) is 0 Å². The lowest BCUT2D eigenvalue weighted by Crippen LogP contribution is -2.32. The second-order valence-corrected chi connectivity index (χ2v) is 8.79. The van der Waals surface area contributed by atoms with Gasteiger partial charge in [-0.15, -0.1) is 0 Å². The summed E-state index contributed by atoms with van der Waals surface area (Å²) in [5, 5.41) is 0.769. The Kier molecular flexibility index (Phi) is 6.30. The molecule has 0 spiro atoms. The highest BCUT2D eigenvalue weighted by Gasteiger charge is 2.27. The fourth-order valence-electron chi connectivity index (χ4n) is 4.87. The van der Waals surface area contributed by atoms with E-state index in [0.717, 1.165) is 84.2 Å². The summed E-state index contributed by atoms with van der Waals surface area (Å²) in [4.78, 5) is 32.5. The topological polar surface area (TPSA) is 68.7 Å². The molecule has 0 atom stereocenters. The van der Waals surface area contributed by atoms with Crippen LogP contribution in [-0.4, -0.2) is 48.6 Å². The third kappa shape index (κ3) is 4.40. The Morgan fingerprint density at radius 3 is 2.53 bits per heavy atom. The van der Waals surface area contributed by atoms with Crippen molar-refractivity contribution < 1.29 is 19.1 Å². The maximum atomic E-state index is 13.3. The molecular formula is C28H28N2O4. The van der Waals surface area contributed by atoms with Gasteiger partial charge in [-0.25, -0.2) is 9.78 Å². The van der Waals surface area contributed by atoms with E-state index in [1.807, 2.05) is 48.5 Å². The molecule has 0 radical (unpaired) electrons. The van der Waals surface area contributed by atoms with Gasteiger partial charge in [-0.05, 0) is 73.1 Å². The number of pyridine rings is 1. The fraction of sp³-hybridized carbons (Fsp3) is 0.321. The molecule has 0 saturated carbocycles. The number of carbonyl (C=O) groups is 2. The van der Waals surface area contributed by atoms with Gasteiger partial charge in [0.25, 0.3) is 5.91 Å². The number of hydrogen-bond donors (Lipinski definition) is 0. The first-order chi connectivity index (χ1) is 16.6. The number of rotatable bonds is 5. The van der Waals surface area contributed by atoms with Gasteiger partial charge < -0.3 is 14.4 Å². The van der Waals surface area contributed by atoms with Crippen LogP contribution in [0.2, 0.25) is 0 Å². The maximum absolute atomic E-state index is 13.3. The third-order valence-corrected chi connectivity index (χ3v) is 6.62. The number of aromatic nitrogens is 1.